The molecule has 2 N–H and O–H groups in total. The summed E-state index contributed by atoms with van der Waals surface area (Å²) in [5.74, 6) is 0.874. The van der Waals surface area contributed by atoms with Gasteiger partial charge in [0.1, 0.15) is 5.75 Å². The molecule has 1 aliphatic heterocycles. The first-order valence-corrected chi connectivity index (χ1v) is 6.34. The van der Waals surface area contributed by atoms with E-state index in [0.717, 1.165) is 11.3 Å². The second kappa shape index (κ2) is 5.69. The molecule has 2 rings (SSSR count). The van der Waals surface area contributed by atoms with E-state index in [1.54, 1.807) is 0 Å². The number of aliphatic hydroxyl groups is 1. The zero-order valence-electron chi connectivity index (χ0n) is 11.0. The van der Waals surface area contributed by atoms with E-state index in [1.807, 2.05) is 38.2 Å². The predicted molar refractivity (Wildman–Crippen MR) is 69.7 cm³/mol. The fraction of sp³-hybridized carbons (Fsp3) is 0.571. The summed E-state index contributed by atoms with van der Waals surface area (Å²) in [7, 11) is 1.91. The molecule has 0 saturated carbocycles. The molecule has 0 spiro atoms. The number of ether oxygens (including phenoxy) is 2. The van der Waals surface area contributed by atoms with Gasteiger partial charge in [0.05, 0.1) is 31.8 Å². The highest BCUT2D eigenvalue weighted by Gasteiger charge is 2.45. The van der Waals surface area contributed by atoms with Gasteiger partial charge in [-0.1, -0.05) is 12.1 Å². The van der Waals surface area contributed by atoms with Crippen molar-refractivity contribution in [2.75, 3.05) is 33.5 Å². The molecule has 0 aliphatic carbocycles. The Morgan fingerprint density at radius 1 is 1.39 bits per heavy atom. The molecule has 1 atom stereocenters. The summed E-state index contributed by atoms with van der Waals surface area (Å²) < 4.78 is 10.7. The van der Waals surface area contributed by atoms with E-state index in [9.17, 15) is 5.11 Å². The van der Waals surface area contributed by atoms with E-state index < -0.39 is 0 Å². The van der Waals surface area contributed by atoms with Crippen molar-refractivity contribution in [1.29, 1.82) is 0 Å². The Bertz CT molecular complexity index is 368. The first kappa shape index (κ1) is 13.3. The van der Waals surface area contributed by atoms with E-state index >= 15 is 0 Å². The van der Waals surface area contributed by atoms with Crippen LogP contribution in [0.15, 0.2) is 24.3 Å². The molecule has 1 heterocycles. The molecule has 100 valence electrons. The molecule has 18 heavy (non-hydrogen) atoms. The monoisotopic (exact) mass is 251 g/mol. The molecular weight excluding hydrogens is 230 g/mol. The minimum absolute atomic E-state index is 0.104. The highest BCUT2D eigenvalue weighted by atomic mass is 16.5. The highest BCUT2D eigenvalue weighted by Crippen LogP contribution is 2.40. The first-order valence-electron chi connectivity index (χ1n) is 6.34. The largest absolute Gasteiger partial charge is 0.494 e. The quantitative estimate of drug-likeness (QED) is 0.801. The number of benzene rings is 1. The Balaban J connectivity index is 2.17. The number of nitrogens with one attached hydrogen (secondary N) is 1. The third-order valence-corrected chi connectivity index (χ3v) is 3.52. The topological polar surface area (TPSA) is 50.7 Å². The van der Waals surface area contributed by atoms with Crippen molar-refractivity contribution in [3.8, 4) is 5.75 Å². The first-order chi connectivity index (χ1) is 8.75. The van der Waals surface area contributed by atoms with Crippen molar-refractivity contribution in [3.05, 3.63) is 29.8 Å². The van der Waals surface area contributed by atoms with Crippen molar-refractivity contribution in [2.24, 2.45) is 5.41 Å². The van der Waals surface area contributed by atoms with Crippen LogP contribution >= 0.6 is 0 Å². The molecule has 0 radical (unpaired) electrons. The average molecular weight is 251 g/mol. The van der Waals surface area contributed by atoms with Gasteiger partial charge in [0, 0.05) is 6.04 Å². The zero-order valence-corrected chi connectivity index (χ0v) is 11.0. The van der Waals surface area contributed by atoms with Gasteiger partial charge in [-0.2, -0.15) is 0 Å². The van der Waals surface area contributed by atoms with Gasteiger partial charge < -0.3 is 19.9 Å². The van der Waals surface area contributed by atoms with Crippen LogP contribution in [-0.2, 0) is 4.74 Å². The van der Waals surface area contributed by atoms with Gasteiger partial charge in [-0.3, -0.25) is 0 Å². The van der Waals surface area contributed by atoms with Crippen molar-refractivity contribution in [3.63, 3.8) is 0 Å². The van der Waals surface area contributed by atoms with Gasteiger partial charge in [-0.05, 0) is 31.7 Å². The third kappa shape index (κ3) is 2.36. The molecule has 1 unspecified atom stereocenters. The van der Waals surface area contributed by atoms with Gasteiger partial charge in [0.15, 0.2) is 0 Å². The second-order valence-corrected chi connectivity index (χ2v) is 4.74. The van der Waals surface area contributed by atoms with Gasteiger partial charge >= 0.3 is 0 Å². The summed E-state index contributed by atoms with van der Waals surface area (Å²) in [6, 6.07) is 8.12. The molecule has 4 heteroatoms. The van der Waals surface area contributed by atoms with Crippen LogP contribution in [-0.4, -0.2) is 38.6 Å². The number of hydrogen-bond donors (Lipinski definition) is 2. The summed E-state index contributed by atoms with van der Waals surface area (Å²) in [5.41, 5.74) is 0.959. The van der Waals surface area contributed by atoms with E-state index in [0.29, 0.717) is 19.8 Å². The lowest BCUT2D eigenvalue weighted by Crippen LogP contribution is -2.53. The van der Waals surface area contributed by atoms with Crippen LogP contribution in [0.25, 0.3) is 0 Å². The Labute approximate surface area is 108 Å². The SMILES string of the molecule is CCOc1ccc(C(NC)C2(CO)COC2)cc1. The van der Waals surface area contributed by atoms with E-state index in [2.05, 4.69) is 5.32 Å². The highest BCUT2D eigenvalue weighted by molar-refractivity contribution is 5.30. The molecule has 1 saturated heterocycles. The maximum atomic E-state index is 9.59. The molecular formula is C14H21NO3. The number of hydrogen-bond acceptors (Lipinski definition) is 4. The van der Waals surface area contributed by atoms with Crippen molar-refractivity contribution >= 4 is 0 Å². The van der Waals surface area contributed by atoms with Gasteiger partial charge in [0.2, 0.25) is 0 Å². The average Bonchev–Trinajstić information content (AvgIpc) is 2.35. The van der Waals surface area contributed by atoms with Crippen molar-refractivity contribution in [2.45, 2.75) is 13.0 Å². The molecule has 1 aliphatic rings. The van der Waals surface area contributed by atoms with Crippen LogP contribution < -0.4 is 10.1 Å². The standard InChI is InChI=1S/C14H21NO3/c1-3-18-12-6-4-11(5-7-12)13(15-2)14(8-16)9-17-10-14/h4-7,13,15-16H,3,8-10H2,1-2H3. The second-order valence-electron chi connectivity index (χ2n) is 4.74. The third-order valence-electron chi connectivity index (χ3n) is 3.52. The summed E-state index contributed by atoms with van der Waals surface area (Å²) in [4.78, 5) is 0. The Morgan fingerprint density at radius 3 is 2.44 bits per heavy atom. The molecule has 0 aromatic heterocycles. The molecule has 1 aromatic carbocycles. The molecule has 1 fully saturated rings. The fourth-order valence-electron chi connectivity index (χ4n) is 2.46. The molecule has 0 bridgehead atoms. The minimum Gasteiger partial charge on any atom is -0.494 e. The molecule has 1 aromatic rings. The van der Waals surface area contributed by atoms with E-state index in [-0.39, 0.29) is 18.1 Å². The van der Waals surface area contributed by atoms with Crippen LogP contribution in [0.5, 0.6) is 5.75 Å². The van der Waals surface area contributed by atoms with Crippen LogP contribution in [0.3, 0.4) is 0 Å². The Kier molecular flexibility index (Phi) is 4.22. The lowest BCUT2D eigenvalue weighted by molar-refractivity contribution is -0.155. The van der Waals surface area contributed by atoms with Gasteiger partial charge in [-0.25, -0.2) is 0 Å². The maximum absolute atomic E-state index is 9.59. The maximum Gasteiger partial charge on any atom is 0.119 e. The Hall–Kier alpha value is -1.10. The smallest absolute Gasteiger partial charge is 0.119 e. The van der Waals surface area contributed by atoms with Crippen molar-refractivity contribution < 1.29 is 14.6 Å². The van der Waals surface area contributed by atoms with Crippen LogP contribution in [0, 0.1) is 5.41 Å². The lowest BCUT2D eigenvalue weighted by atomic mass is 9.76. The lowest BCUT2D eigenvalue weighted by Gasteiger charge is -2.46. The molecule has 0 amide bonds. The van der Waals surface area contributed by atoms with Crippen LogP contribution in [0.4, 0.5) is 0 Å². The van der Waals surface area contributed by atoms with Crippen LogP contribution in [0.1, 0.15) is 18.5 Å². The van der Waals surface area contributed by atoms with Gasteiger partial charge in [0.25, 0.3) is 0 Å². The van der Waals surface area contributed by atoms with E-state index in [1.165, 1.54) is 0 Å². The summed E-state index contributed by atoms with van der Waals surface area (Å²) in [6.45, 7) is 3.97. The van der Waals surface area contributed by atoms with E-state index in [4.69, 9.17) is 9.47 Å². The summed E-state index contributed by atoms with van der Waals surface area (Å²) >= 11 is 0. The molecule has 4 nitrogen and oxygen atoms in total. The Morgan fingerprint density at radius 2 is 2.06 bits per heavy atom. The normalized spacial score (nSPS) is 19.1. The summed E-state index contributed by atoms with van der Waals surface area (Å²) in [5, 5.41) is 12.9. The number of aliphatic hydroxyl groups excluding tert-OH is 1. The van der Waals surface area contributed by atoms with Crippen LogP contribution in [0.2, 0.25) is 0 Å². The minimum atomic E-state index is -0.193. The zero-order chi connectivity index (χ0) is 13.0. The van der Waals surface area contributed by atoms with Crippen molar-refractivity contribution in [1.82, 2.24) is 5.32 Å². The predicted octanol–water partition coefficient (Wildman–Crippen LogP) is 1.35. The summed E-state index contributed by atoms with van der Waals surface area (Å²) in [6.07, 6.45) is 0. The number of rotatable bonds is 6. The fourth-order valence-corrected chi connectivity index (χ4v) is 2.46. The van der Waals surface area contributed by atoms with Gasteiger partial charge in [-0.15, -0.1) is 0 Å².